The SMILES string of the molecule is CC(C)CCCNC(=O)CN1C(=O)N[C@@]2(CCCC[C@@H]2C)C1=O. The van der Waals surface area contributed by atoms with Gasteiger partial charge in [-0.3, -0.25) is 14.5 Å². The Balaban J connectivity index is 1.89. The highest BCUT2D eigenvalue weighted by atomic mass is 16.2. The lowest BCUT2D eigenvalue weighted by molar-refractivity contribution is -0.137. The van der Waals surface area contributed by atoms with Crippen LogP contribution in [0.25, 0.3) is 0 Å². The summed E-state index contributed by atoms with van der Waals surface area (Å²) in [5, 5.41) is 5.66. The highest BCUT2D eigenvalue weighted by molar-refractivity contribution is 6.09. The summed E-state index contributed by atoms with van der Waals surface area (Å²) in [6.45, 7) is 6.69. The number of carbonyl (C=O) groups excluding carboxylic acids is 3. The molecule has 1 saturated heterocycles. The van der Waals surface area contributed by atoms with Crippen LogP contribution in [0.2, 0.25) is 0 Å². The lowest BCUT2D eigenvalue weighted by atomic mass is 9.73. The third-order valence-electron chi connectivity index (χ3n) is 5.08. The lowest BCUT2D eigenvalue weighted by Crippen LogP contribution is -2.54. The van der Waals surface area contributed by atoms with E-state index in [0.29, 0.717) is 18.9 Å². The molecule has 0 aromatic rings. The Kier molecular flexibility index (Phi) is 5.65. The van der Waals surface area contributed by atoms with Gasteiger partial charge >= 0.3 is 6.03 Å². The molecule has 1 spiro atoms. The third-order valence-corrected chi connectivity index (χ3v) is 5.08. The van der Waals surface area contributed by atoms with Crippen molar-refractivity contribution >= 4 is 17.8 Å². The van der Waals surface area contributed by atoms with Gasteiger partial charge in [-0.15, -0.1) is 0 Å². The Bertz CT molecular complexity index is 478. The summed E-state index contributed by atoms with van der Waals surface area (Å²) in [5.41, 5.74) is -0.784. The van der Waals surface area contributed by atoms with Gasteiger partial charge in [0, 0.05) is 6.54 Å². The molecule has 2 fully saturated rings. The van der Waals surface area contributed by atoms with Crippen LogP contribution in [-0.4, -0.2) is 41.4 Å². The molecule has 6 heteroatoms. The van der Waals surface area contributed by atoms with Crippen LogP contribution in [0.3, 0.4) is 0 Å². The van der Waals surface area contributed by atoms with E-state index in [1.54, 1.807) is 0 Å². The Morgan fingerprint density at radius 2 is 2.13 bits per heavy atom. The number of hydrogen-bond acceptors (Lipinski definition) is 3. The van der Waals surface area contributed by atoms with Crippen molar-refractivity contribution < 1.29 is 14.4 Å². The zero-order valence-corrected chi connectivity index (χ0v) is 14.5. The number of hydrogen-bond donors (Lipinski definition) is 2. The fourth-order valence-electron chi connectivity index (χ4n) is 3.58. The minimum Gasteiger partial charge on any atom is -0.355 e. The molecule has 1 aliphatic carbocycles. The van der Waals surface area contributed by atoms with E-state index in [9.17, 15) is 14.4 Å². The Morgan fingerprint density at radius 1 is 1.39 bits per heavy atom. The van der Waals surface area contributed by atoms with Crippen molar-refractivity contribution in [3.63, 3.8) is 0 Å². The van der Waals surface area contributed by atoms with E-state index in [1.165, 1.54) is 0 Å². The van der Waals surface area contributed by atoms with Crippen molar-refractivity contribution in [2.24, 2.45) is 11.8 Å². The van der Waals surface area contributed by atoms with Gasteiger partial charge in [0.05, 0.1) is 0 Å². The van der Waals surface area contributed by atoms with Crippen molar-refractivity contribution in [2.45, 2.75) is 64.8 Å². The molecule has 4 amide bonds. The highest BCUT2D eigenvalue weighted by Crippen LogP contribution is 2.38. The molecule has 23 heavy (non-hydrogen) atoms. The Hall–Kier alpha value is -1.59. The van der Waals surface area contributed by atoms with Gasteiger partial charge < -0.3 is 10.6 Å². The monoisotopic (exact) mass is 323 g/mol. The molecule has 0 aromatic heterocycles. The summed E-state index contributed by atoms with van der Waals surface area (Å²) < 4.78 is 0. The fraction of sp³-hybridized carbons (Fsp3) is 0.824. The third kappa shape index (κ3) is 3.85. The molecule has 1 heterocycles. The van der Waals surface area contributed by atoms with Gasteiger partial charge in [0.25, 0.3) is 5.91 Å². The van der Waals surface area contributed by atoms with E-state index in [0.717, 1.165) is 37.0 Å². The standard InChI is InChI=1S/C17H29N3O3/c1-12(2)7-6-10-18-14(21)11-20-15(22)17(19-16(20)23)9-5-4-8-13(17)3/h12-13H,4-11H2,1-3H3,(H,18,21)(H,19,23)/t13-,17+/m0/s1. The second-order valence-corrected chi connectivity index (χ2v) is 7.33. The van der Waals surface area contributed by atoms with E-state index < -0.39 is 11.6 Å². The highest BCUT2D eigenvalue weighted by Gasteiger charge is 2.55. The van der Waals surface area contributed by atoms with Gasteiger partial charge in [0.2, 0.25) is 5.91 Å². The molecule has 0 radical (unpaired) electrons. The molecule has 1 aliphatic heterocycles. The normalized spacial score (nSPS) is 27.7. The first-order chi connectivity index (χ1) is 10.9. The zero-order chi connectivity index (χ0) is 17.0. The van der Waals surface area contributed by atoms with Crippen molar-refractivity contribution in [1.29, 1.82) is 0 Å². The average molecular weight is 323 g/mol. The number of amides is 4. The van der Waals surface area contributed by atoms with E-state index in [2.05, 4.69) is 24.5 Å². The molecule has 0 aromatic carbocycles. The van der Waals surface area contributed by atoms with Crippen LogP contribution >= 0.6 is 0 Å². The van der Waals surface area contributed by atoms with Crippen LogP contribution < -0.4 is 10.6 Å². The van der Waals surface area contributed by atoms with Crippen molar-refractivity contribution in [1.82, 2.24) is 15.5 Å². The van der Waals surface area contributed by atoms with Crippen molar-refractivity contribution in [3.05, 3.63) is 0 Å². The molecule has 1 saturated carbocycles. The number of rotatable bonds is 6. The molecule has 130 valence electrons. The first kappa shape index (κ1) is 17.8. The summed E-state index contributed by atoms with van der Waals surface area (Å²) in [5.74, 6) is 0.224. The first-order valence-electron chi connectivity index (χ1n) is 8.77. The van der Waals surface area contributed by atoms with Crippen LogP contribution in [0.5, 0.6) is 0 Å². The maximum absolute atomic E-state index is 12.7. The Labute approximate surface area is 138 Å². The summed E-state index contributed by atoms with van der Waals surface area (Å²) in [6, 6.07) is -0.430. The second-order valence-electron chi connectivity index (χ2n) is 7.33. The zero-order valence-electron chi connectivity index (χ0n) is 14.5. The second kappa shape index (κ2) is 7.32. The first-order valence-corrected chi connectivity index (χ1v) is 8.77. The summed E-state index contributed by atoms with van der Waals surface area (Å²) in [4.78, 5) is 38.0. The van der Waals surface area contributed by atoms with E-state index in [-0.39, 0.29) is 24.3 Å². The molecule has 0 bridgehead atoms. The number of urea groups is 1. The summed E-state index contributed by atoms with van der Waals surface area (Å²) >= 11 is 0. The van der Waals surface area contributed by atoms with Gasteiger partial charge in [-0.1, -0.05) is 33.6 Å². The topological polar surface area (TPSA) is 78.5 Å². The average Bonchev–Trinajstić information content (AvgIpc) is 2.72. The van der Waals surface area contributed by atoms with E-state index in [1.807, 2.05) is 6.92 Å². The smallest absolute Gasteiger partial charge is 0.325 e. The Morgan fingerprint density at radius 3 is 2.78 bits per heavy atom. The number of carbonyl (C=O) groups is 3. The van der Waals surface area contributed by atoms with Crippen molar-refractivity contribution in [2.75, 3.05) is 13.1 Å². The predicted molar refractivity (Wildman–Crippen MR) is 87.7 cm³/mol. The predicted octanol–water partition coefficient (Wildman–Crippen LogP) is 2.04. The maximum Gasteiger partial charge on any atom is 0.325 e. The van der Waals surface area contributed by atoms with Crippen LogP contribution in [0.4, 0.5) is 4.79 Å². The van der Waals surface area contributed by atoms with Gasteiger partial charge in [-0.25, -0.2) is 4.79 Å². The molecular formula is C17H29N3O3. The maximum atomic E-state index is 12.7. The molecule has 2 N–H and O–H groups in total. The minimum absolute atomic E-state index is 0.117. The largest absolute Gasteiger partial charge is 0.355 e. The molecule has 2 atom stereocenters. The quantitative estimate of drug-likeness (QED) is 0.580. The molecule has 2 rings (SSSR count). The molecule has 0 unspecified atom stereocenters. The summed E-state index contributed by atoms with van der Waals surface area (Å²) in [6.07, 6.45) is 5.58. The van der Waals surface area contributed by atoms with Crippen LogP contribution in [0.1, 0.15) is 59.3 Å². The summed E-state index contributed by atoms with van der Waals surface area (Å²) in [7, 11) is 0. The van der Waals surface area contributed by atoms with E-state index >= 15 is 0 Å². The lowest BCUT2D eigenvalue weighted by Gasteiger charge is -2.36. The molecular weight excluding hydrogens is 294 g/mol. The van der Waals surface area contributed by atoms with Gasteiger partial charge in [0.15, 0.2) is 0 Å². The van der Waals surface area contributed by atoms with E-state index in [4.69, 9.17) is 0 Å². The van der Waals surface area contributed by atoms with Crippen LogP contribution in [-0.2, 0) is 9.59 Å². The van der Waals surface area contributed by atoms with Crippen molar-refractivity contribution in [3.8, 4) is 0 Å². The number of nitrogens with one attached hydrogen (secondary N) is 2. The van der Waals surface area contributed by atoms with Crippen LogP contribution in [0, 0.1) is 11.8 Å². The number of nitrogens with zero attached hydrogens (tertiary/aromatic N) is 1. The fourth-order valence-corrected chi connectivity index (χ4v) is 3.58. The number of imide groups is 1. The van der Waals surface area contributed by atoms with Gasteiger partial charge in [0.1, 0.15) is 12.1 Å². The van der Waals surface area contributed by atoms with Crippen LogP contribution in [0.15, 0.2) is 0 Å². The minimum atomic E-state index is -0.784. The van der Waals surface area contributed by atoms with Gasteiger partial charge in [-0.2, -0.15) is 0 Å². The molecule has 2 aliphatic rings. The van der Waals surface area contributed by atoms with Gasteiger partial charge in [-0.05, 0) is 37.5 Å². The molecule has 6 nitrogen and oxygen atoms in total.